The molecule has 1 atom stereocenters. The molecule has 1 amide bonds. The van der Waals surface area contributed by atoms with Gasteiger partial charge in [-0.25, -0.2) is 0 Å². The number of nitro groups is 1. The van der Waals surface area contributed by atoms with E-state index in [1.54, 1.807) is 0 Å². The maximum absolute atomic E-state index is 12.5. The van der Waals surface area contributed by atoms with Crippen LogP contribution in [0.4, 0.5) is 5.69 Å². The van der Waals surface area contributed by atoms with Gasteiger partial charge in [-0.3, -0.25) is 14.9 Å². The summed E-state index contributed by atoms with van der Waals surface area (Å²) >= 11 is 5.79. The minimum absolute atomic E-state index is 0.0247. The fourth-order valence-corrected chi connectivity index (χ4v) is 3.70. The lowest BCUT2D eigenvalue weighted by Crippen LogP contribution is -2.36. The average molecular weight is 389 g/mol. The Labute approximate surface area is 162 Å². The minimum Gasteiger partial charge on any atom is -0.477 e. The second kappa shape index (κ2) is 8.86. The Morgan fingerprint density at radius 2 is 1.93 bits per heavy atom. The fraction of sp³-hybridized carbons (Fsp3) is 0.350. The Hall–Kier alpha value is -2.60. The van der Waals surface area contributed by atoms with E-state index in [1.807, 2.05) is 30.3 Å². The zero-order valence-corrected chi connectivity index (χ0v) is 15.5. The van der Waals surface area contributed by atoms with Crippen LogP contribution >= 0.6 is 11.6 Å². The molecule has 0 spiro atoms. The molecular weight excluding hydrogens is 368 g/mol. The van der Waals surface area contributed by atoms with Gasteiger partial charge >= 0.3 is 5.69 Å². The quantitative estimate of drug-likeness (QED) is 0.551. The van der Waals surface area contributed by atoms with E-state index in [4.69, 9.17) is 16.3 Å². The van der Waals surface area contributed by atoms with E-state index in [1.165, 1.54) is 18.2 Å². The van der Waals surface area contributed by atoms with Crippen LogP contribution in [-0.2, 0) is 4.79 Å². The molecule has 1 aliphatic carbocycles. The van der Waals surface area contributed by atoms with E-state index < -0.39 is 4.92 Å². The van der Waals surface area contributed by atoms with Crippen molar-refractivity contribution >= 4 is 23.2 Å². The highest BCUT2D eigenvalue weighted by atomic mass is 35.5. The van der Waals surface area contributed by atoms with Crippen molar-refractivity contribution in [1.29, 1.82) is 0 Å². The summed E-state index contributed by atoms with van der Waals surface area (Å²) in [6.45, 7) is -0.293. The second-order valence-corrected chi connectivity index (χ2v) is 7.09. The standard InChI is InChI=1S/C20H21ClN2O4/c21-16-10-11-18(17(12-16)23(25)26)27-13-19(24)22-20(15-8-4-5-9-15)14-6-2-1-3-7-14/h1-3,6-7,10-12,15,20H,4-5,8-9,13H2,(H,22,24). The number of amides is 1. The molecule has 1 aliphatic rings. The van der Waals surface area contributed by atoms with E-state index in [2.05, 4.69) is 5.32 Å². The van der Waals surface area contributed by atoms with Crippen LogP contribution < -0.4 is 10.1 Å². The highest BCUT2D eigenvalue weighted by Crippen LogP contribution is 2.35. The molecule has 142 valence electrons. The SMILES string of the molecule is O=C(COc1ccc(Cl)cc1[N+](=O)[O-])NC(c1ccccc1)C1CCCC1. The normalized spacial score (nSPS) is 15.3. The third kappa shape index (κ3) is 4.98. The lowest BCUT2D eigenvalue weighted by Gasteiger charge is -2.25. The topological polar surface area (TPSA) is 81.5 Å². The van der Waals surface area contributed by atoms with Gasteiger partial charge in [0.15, 0.2) is 12.4 Å². The molecule has 27 heavy (non-hydrogen) atoms. The van der Waals surface area contributed by atoms with Gasteiger partial charge in [-0.15, -0.1) is 0 Å². The summed E-state index contributed by atoms with van der Waals surface area (Å²) in [5.41, 5.74) is 0.806. The Kier molecular flexibility index (Phi) is 6.29. The van der Waals surface area contributed by atoms with Crippen LogP contribution in [0, 0.1) is 16.0 Å². The molecule has 2 aromatic rings. The monoisotopic (exact) mass is 388 g/mol. The van der Waals surface area contributed by atoms with E-state index in [0.717, 1.165) is 31.2 Å². The predicted molar refractivity (Wildman–Crippen MR) is 103 cm³/mol. The molecule has 3 rings (SSSR count). The summed E-state index contributed by atoms with van der Waals surface area (Å²) in [6.07, 6.45) is 4.47. The van der Waals surface area contributed by atoms with Gasteiger partial charge in [-0.2, -0.15) is 0 Å². The molecule has 0 radical (unpaired) electrons. The summed E-state index contributed by atoms with van der Waals surface area (Å²) in [5.74, 6) is 0.109. The van der Waals surface area contributed by atoms with Gasteiger partial charge < -0.3 is 10.1 Å². The fourth-order valence-electron chi connectivity index (χ4n) is 3.54. The molecule has 1 fully saturated rings. The molecule has 0 aromatic heterocycles. The van der Waals surface area contributed by atoms with Crippen LogP contribution in [0.1, 0.15) is 37.3 Å². The van der Waals surface area contributed by atoms with Crippen LogP contribution in [-0.4, -0.2) is 17.4 Å². The van der Waals surface area contributed by atoms with Crippen LogP contribution in [0.15, 0.2) is 48.5 Å². The molecular formula is C20H21ClN2O4. The molecule has 0 aliphatic heterocycles. The second-order valence-electron chi connectivity index (χ2n) is 6.66. The van der Waals surface area contributed by atoms with Gasteiger partial charge in [-0.05, 0) is 36.5 Å². The van der Waals surface area contributed by atoms with Crippen molar-refractivity contribution in [1.82, 2.24) is 5.32 Å². The van der Waals surface area contributed by atoms with E-state index >= 15 is 0 Å². The van der Waals surface area contributed by atoms with Crippen LogP contribution in [0.5, 0.6) is 5.75 Å². The predicted octanol–water partition coefficient (Wildman–Crippen LogP) is 4.67. The molecule has 0 saturated heterocycles. The van der Waals surface area contributed by atoms with Gasteiger partial charge in [0.25, 0.3) is 5.91 Å². The van der Waals surface area contributed by atoms with Crippen molar-refractivity contribution in [2.45, 2.75) is 31.7 Å². The van der Waals surface area contributed by atoms with Crippen LogP contribution in [0.25, 0.3) is 0 Å². The van der Waals surface area contributed by atoms with E-state index in [9.17, 15) is 14.9 Å². The number of hydrogen-bond donors (Lipinski definition) is 1. The molecule has 0 heterocycles. The van der Waals surface area contributed by atoms with Gasteiger partial charge in [0.1, 0.15) is 0 Å². The maximum atomic E-state index is 12.5. The third-order valence-electron chi connectivity index (χ3n) is 4.82. The van der Waals surface area contributed by atoms with Gasteiger partial charge in [0, 0.05) is 11.1 Å². The number of nitro benzene ring substituents is 1. The number of nitrogens with zero attached hydrogens (tertiary/aromatic N) is 1. The highest BCUT2D eigenvalue weighted by Gasteiger charge is 2.28. The first kappa shape index (κ1) is 19.2. The Balaban J connectivity index is 1.67. The molecule has 1 saturated carbocycles. The molecule has 7 heteroatoms. The Bertz CT molecular complexity index is 807. The smallest absolute Gasteiger partial charge is 0.312 e. The summed E-state index contributed by atoms with van der Waals surface area (Å²) < 4.78 is 5.40. The summed E-state index contributed by atoms with van der Waals surface area (Å²) in [7, 11) is 0. The summed E-state index contributed by atoms with van der Waals surface area (Å²) in [6, 6.07) is 13.9. The van der Waals surface area contributed by atoms with Crippen LogP contribution in [0.3, 0.4) is 0 Å². The molecule has 2 aromatic carbocycles. The van der Waals surface area contributed by atoms with Crippen molar-refractivity contribution in [3.8, 4) is 5.75 Å². The van der Waals surface area contributed by atoms with Crippen molar-refractivity contribution in [2.24, 2.45) is 5.92 Å². The highest BCUT2D eigenvalue weighted by molar-refractivity contribution is 6.30. The van der Waals surface area contributed by atoms with E-state index in [0.29, 0.717) is 5.92 Å². The van der Waals surface area contributed by atoms with Crippen LogP contribution in [0.2, 0.25) is 5.02 Å². The number of ether oxygens (including phenoxy) is 1. The van der Waals surface area contributed by atoms with Crippen molar-refractivity contribution in [3.63, 3.8) is 0 Å². The zero-order valence-electron chi connectivity index (χ0n) is 14.8. The Morgan fingerprint density at radius 3 is 2.59 bits per heavy atom. The van der Waals surface area contributed by atoms with E-state index in [-0.39, 0.29) is 35.0 Å². The largest absolute Gasteiger partial charge is 0.477 e. The zero-order chi connectivity index (χ0) is 19.2. The van der Waals surface area contributed by atoms with Crippen molar-refractivity contribution < 1.29 is 14.5 Å². The number of benzene rings is 2. The minimum atomic E-state index is -0.579. The first-order valence-electron chi connectivity index (χ1n) is 8.95. The van der Waals surface area contributed by atoms with Crippen molar-refractivity contribution in [3.05, 3.63) is 69.2 Å². The maximum Gasteiger partial charge on any atom is 0.312 e. The molecule has 1 N–H and O–H groups in total. The number of hydrogen-bond acceptors (Lipinski definition) is 4. The first-order chi connectivity index (χ1) is 13.0. The van der Waals surface area contributed by atoms with Gasteiger partial charge in [-0.1, -0.05) is 54.8 Å². The number of carbonyl (C=O) groups excluding carboxylic acids is 1. The number of halogens is 1. The molecule has 6 nitrogen and oxygen atoms in total. The number of rotatable bonds is 7. The van der Waals surface area contributed by atoms with Gasteiger partial charge in [0.05, 0.1) is 11.0 Å². The van der Waals surface area contributed by atoms with Crippen molar-refractivity contribution in [2.75, 3.05) is 6.61 Å². The third-order valence-corrected chi connectivity index (χ3v) is 5.06. The first-order valence-corrected chi connectivity index (χ1v) is 9.33. The molecule has 0 bridgehead atoms. The number of nitrogens with one attached hydrogen (secondary N) is 1. The average Bonchev–Trinajstić information content (AvgIpc) is 3.20. The lowest BCUT2D eigenvalue weighted by molar-refractivity contribution is -0.385. The lowest BCUT2D eigenvalue weighted by atomic mass is 9.91. The number of carbonyl (C=O) groups is 1. The Morgan fingerprint density at radius 1 is 1.22 bits per heavy atom. The van der Waals surface area contributed by atoms with Gasteiger partial charge in [0.2, 0.25) is 0 Å². The summed E-state index contributed by atoms with van der Waals surface area (Å²) in [5, 5.41) is 14.4. The summed E-state index contributed by atoms with van der Waals surface area (Å²) in [4.78, 5) is 23.0. The molecule has 1 unspecified atom stereocenters.